The van der Waals surface area contributed by atoms with Crippen LogP contribution in [-0.4, -0.2) is 18.7 Å². The van der Waals surface area contributed by atoms with Crippen LogP contribution in [0, 0.1) is 12.8 Å². The molecule has 0 radical (unpaired) electrons. The third-order valence-corrected chi connectivity index (χ3v) is 5.98. The molecule has 0 aliphatic heterocycles. The number of hydrogen-bond donors (Lipinski definition) is 0. The first-order valence-corrected chi connectivity index (χ1v) is 10.4. The van der Waals surface area contributed by atoms with Crippen molar-refractivity contribution in [1.82, 2.24) is 18.7 Å². The molecule has 0 atom stereocenters. The first kappa shape index (κ1) is 18.9. The Hall–Kier alpha value is -3.12. The summed E-state index contributed by atoms with van der Waals surface area (Å²) in [5.74, 6) is 0.388. The third-order valence-electron chi connectivity index (χ3n) is 5.72. The average molecular weight is 421 g/mol. The molecule has 0 amide bonds. The standard InChI is InChI=1S/C23H21ClN4O2/c1-15-4-2-3-5-17(15)13-26-14-25-21-20(26)22(29)27(12-16-6-7-16)23(30)28(21)19-10-8-18(24)9-11-19/h2-5,8-11,14,16H,6-7,12-13H2,1H3. The number of aryl methyl sites for hydroxylation is 1. The smallest absolute Gasteiger partial charge is 0.320 e. The van der Waals surface area contributed by atoms with Crippen LogP contribution in [0.2, 0.25) is 5.02 Å². The Morgan fingerprint density at radius 1 is 1.07 bits per heavy atom. The zero-order valence-corrected chi connectivity index (χ0v) is 17.3. The minimum Gasteiger partial charge on any atom is -0.320 e. The van der Waals surface area contributed by atoms with E-state index in [2.05, 4.69) is 4.98 Å². The van der Waals surface area contributed by atoms with E-state index in [0.29, 0.717) is 40.9 Å². The molecule has 0 unspecified atom stereocenters. The highest BCUT2D eigenvalue weighted by Crippen LogP contribution is 2.30. The number of hydrogen-bond acceptors (Lipinski definition) is 3. The minimum atomic E-state index is -0.358. The lowest BCUT2D eigenvalue weighted by Crippen LogP contribution is -2.40. The van der Waals surface area contributed by atoms with Crippen LogP contribution >= 0.6 is 11.6 Å². The van der Waals surface area contributed by atoms with Crippen molar-refractivity contribution < 1.29 is 0 Å². The Kier molecular flexibility index (Phi) is 4.59. The van der Waals surface area contributed by atoms with Crippen molar-refractivity contribution in [1.29, 1.82) is 0 Å². The molecular formula is C23H21ClN4O2. The van der Waals surface area contributed by atoms with E-state index in [-0.39, 0.29) is 11.2 Å². The summed E-state index contributed by atoms with van der Waals surface area (Å²) in [7, 11) is 0. The minimum absolute atomic E-state index is 0.279. The van der Waals surface area contributed by atoms with Gasteiger partial charge in [-0.15, -0.1) is 0 Å². The second-order valence-corrected chi connectivity index (χ2v) is 8.36. The van der Waals surface area contributed by atoms with Crippen LogP contribution in [0.15, 0.2) is 64.4 Å². The maximum absolute atomic E-state index is 13.4. The van der Waals surface area contributed by atoms with Gasteiger partial charge in [0.1, 0.15) is 0 Å². The molecule has 30 heavy (non-hydrogen) atoms. The summed E-state index contributed by atoms with van der Waals surface area (Å²) in [6.45, 7) is 3.00. The molecule has 4 aromatic rings. The van der Waals surface area contributed by atoms with Crippen LogP contribution in [-0.2, 0) is 13.1 Å². The summed E-state index contributed by atoms with van der Waals surface area (Å²) in [5, 5.41) is 0.583. The lowest BCUT2D eigenvalue weighted by Gasteiger charge is -2.13. The Morgan fingerprint density at radius 3 is 2.50 bits per heavy atom. The van der Waals surface area contributed by atoms with E-state index in [9.17, 15) is 9.59 Å². The van der Waals surface area contributed by atoms with Gasteiger partial charge in [-0.05, 0) is 61.1 Å². The summed E-state index contributed by atoms with van der Waals surface area (Å²) in [5.41, 5.74) is 3.06. The molecule has 1 aliphatic rings. The second kappa shape index (κ2) is 7.29. The van der Waals surface area contributed by atoms with Gasteiger partial charge in [0.25, 0.3) is 5.56 Å². The van der Waals surface area contributed by atoms with Crippen molar-refractivity contribution in [3.63, 3.8) is 0 Å². The van der Waals surface area contributed by atoms with Gasteiger partial charge in [0.05, 0.1) is 12.0 Å². The van der Waals surface area contributed by atoms with Crippen molar-refractivity contribution in [2.45, 2.75) is 32.9 Å². The number of aromatic nitrogens is 4. The lowest BCUT2D eigenvalue weighted by atomic mass is 10.1. The molecule has 6 nitrogen and oxygen atoms in total. The Balaban J connectivity index is 1.76. The van der Waals surface area contributed by atoms with Crippen molar-refractivity contribution in [3.8, 4) is 5.69 Å². The maximum atomic E-state index is 13.4. The molecule has 0 bridgehead atoms. The number of benzene rings is 2. The Labute approximate surface area is 178 Å². The second-order valence-electron chi connectivity index (χ2n) is 7.92. The molecule has 1 fully saturated rings. The summed E-state index contributed by atoms with van der Waals surface area (Å²) >= 11 is 6.04. The van der Waals surface area contributed by atoms with E-state index in [1.807, 2.05) is 35.8 Å². The van der Waals surface area contributed by atoms with Gasteiger partial charge in [0.15, 0.2) is 11.2 Å². The Morgan fingerprint density at radius 2 is 1.80 bits per heavy atom. The highest BCUT2D eigenvalue weighted by molar-refractivity contribution is 6.30. The van der Waals surface area contributed by atoms with E-state index >= 15 is 0 Å². The summed E-state index contributed by atoms with van der Waals surface area (Å²) in [6, 6.07) is 15.1. The van der Waals surface area contributed by atoms with Crippen molar-refractivity contribution in [3.05, 3.63) is 91.8 Å². The highest BCUT2D eigenvalue weighted by atomic mass is 35.5. The van der Waals surface area contributed by atoms with Crippen LogP contribution < -0.4 is 11.2 Å². The van der Waals surface area contributed by atoms with Crippen LogP contribution in [0.1, 0.15) is 24.0 Å². The van der Waals surface area contributed by atoms with Gasteiger partial charge in [-0.1, -0.05) is 35.9 Å². The number of fused-ring (bicyclic) bond motifs is 1. The van der Waals surface area contributed by atoms with Crippen molar-refractivity contribution in [2.75, 3.05) is 0 Å². The summed E-state index contributed by atoms with van der Waals surface area (Å²) in [4.78, 5) is 31.2. The third kappa shape index (κ3) is 3.27. The topological polar surface area (TPSA) is 61.8 Å². The summed E-state index contributed by atoms with van der Waals surface area (Å²) < 4.78 is 4.73. The van der Waals surface area contributed by atoms with Crippen LogP contribution in [0.5, 0.6) is 0 Å². The molecular weight excluding hydrogens is 400 g/mol. The number of nitrogens with zero attached hydrogens (tertiary/aromatic N) is 4. The molecule has 152 valence electrons. The van der Waals surface area contributed by atoms with Gasteiger partial charge < -0.3 is 4.57 Å². The van der Waals surface area contributed by atoms with Gasteiger partial charge in [-0.3, -0.25) is 9.36 Å². The zero-order chi connectivity index (χ0) is 20.8. The SMILES string of the molecule is Cc1ccccc1Cn1cnc2c1c(=O)n(CC1CC1)c(=O)n2-c1ccc(Cl)cc1. The fourth-order valence-corrected chi connectivity index (χ4v) is 3.94. The van der Waals surface area contributed by atoms with Crippen molar-refractivity contribution in [2.24, 2.45) is 5.92 Å². The van der Waals surface area contributed by atoms with Crippen LogP contribution in [0.4, 0.5) is 0 Å². The number of halogens is 1. The monoisotopic (exact) mass is 420 g/mol. The predicted octanol–water partition coefficient (Wildman–Crippen LogP) is 3.77. The molecule has 2 aromatic heterocycles. The summed E-state index contributed by atoms with van der Waals surface area (Å²) in [6.07, 6.45) is 3.74. The van der Waals surface area contributed by atoms with Gasteiger partial charge in [0, 0.05) is 18.1 Å². The van der Waals surface area contributed by atoms with Gasteiger partial charge in [0.2, 0.25) is 0 Å². The van der Waals surface area contributed by atoms with Gasteiger partial charge in [-0.2, -0.15) is 0 Å². The molecule has 7 heteroatoms. The first-order valence-electron chi connectivity index (χ1n) is 10.0. The molecule has 0 saturated heterocycles. The molecule has 1 saturated carbocycles. The molecule has 5 rings (SSSR count). The van der Waals surface area contributed by atoms with Gasteiger partial charge in [-0.25, -0.2) is 14.3 Å². The number of rotatable bonds is 5. The van der Waals surface area contributed by atoms with Crippen LogP contribution in [0.3, 0.4) is 0 Å². The van der Waals surface area contributed by atoms with Crippen molar-refractivity contribution >= 4 is 22.8 Å². The first-order chi connectivity index (χ1) is 14.5. The van der Waals surface area contributed by atoms with E-state index in [4.69, 9.17) is 11.6 Å². The average Bonchev–Trinajstić information content (AvgIpc) is 3.47. The molecule has 0 N–H and O–H groups in total. The maximum Gasteiger partial charge on any atom is 0.337 e. The fourth-order valence-electron chi connectivity index (χ4n) is 3.81. The lowest BCUT2D eigenvalue weighted by molar-refractivity contribution is 0.567. The van der Waals surface area contributed by atoms with E-state index in [1.54, 1.807) is 30.6 Å². The molecule has 2 heterocycles. The highest BCUT2D eigenvalue weighted by Gasteiger charge is 2.26. The zero-order valence-electron chi connectivity index (χ0n) is 16.6. The fraction of sp³-hybridized carbons (Fsp3) is 0.261. The molecule has 2 aromatic carbocycles. The number of imidazole rings is 1. The molecule has 0 spiro atoms. The van der Waals surface area contributed by atoms with E-state index in [0.717, 1.165) is 24.0 Å². The normalized spacial score (nSPS) is 13.8. The van der Waals surface area contributed by atoms with Gasteiger partial charge >= 0.3 is 5.69 Å². The predicted molar refractivity (Wildman–Crippen MR) is 118 cm³/mol. The van der Waals surface area contributed by atoms with Crippen LogP contribution in [0.25, 0.3) is 16.9 Å². The van der Waals surface area contributed by atoms with E-state index < -0.39 is 0 Å². The largest absolute Gasteiger partial charge is 0.337 e. The quantitative estimate of drug-likeness (QED) is 0.493. The Bertz CT molecular complexity index is 1360. The van der Waals surface area contributed by atoms with E-state index in [1.165, 1.54) is 9.13 Å². The molecule has 1 aliphatic carbocycles.